The number of rotatable bonds is 7. The first-order valence-corrected chi connectivity index (χ1v) is 8.94. The zero-order chi connectivity index (χ0) is 16.2. The molecule has 0 saturated heterocycles. The van der Waals surface area contributed by atoms with Crippen LogP contribution in [0.1, 0.15) is 52.0 Å². The average molecular weight is 314 g/mol. The average Bonchev–Trinajstić information content (AvgIpc) is 2.46. The molecule has 1 rings (SSSR count). The molecule has 2 N–H and O–H groups in total. The summed E-state index contributed by atoms with van der Waals surface area (Å²) < 4.78 is 24.1. The second-order valence-electron chi connectivity index (χ2n) is 5.84. The monoisotopic (exact) mass is 314 g/mol. The Balaban J connectivity index is 2.83. The van der Waals surface area contributed by atoms with E-state index in [0.29, 0.717) is 17.7 Å². The van der Waals surface area contributed by atoms with Crippen molar-refractivity contribution in [2.75, 3.05) is 0 Å². The topological polar surface area (TPSA) is 74.6 Å². The predicted molar refractivity (Wildman–Crippen MR) is 84.1 cm³/mol. The lowest BCUT2D eigenvalue weighted by Crippen LogP contribution is -2.26. The van der Waals surface area contributed by atoms with Crippen LogP contribution in [0.2, 0.25) is 0 Å². The van der Waals surface area contributed by atoms with Crippen molar-refractivity contribution >= 4 is 9.84 Å². The molecule has 0 aliphatic heterocycles. The highest BCUT2D eigenvalue weighted by atomic mass is 32.2. The number of benzene rings is 1. The fraction of sp³-hybridized carbons (Fsp3) is 0.625. The Kier molecular flexibility index (Phi) is 6.38. The van der Waals surface area contributed by atoms with E-state index in [1.165, 1.54) is 0 Å². The predicted octanol–water partition coefficient (Wildman–Crippen LogP) is 2.49. The largest absolute Gasteiger partial charge is 0.390 e. The van der Waals surface area contributed by atoms with Gasteiger partial charge in [0.2, 0.25) is 0 Å². The van der Waals surface area contributed by atoms with Crippen LogP contribution >= 0.6 is 0 Å². The number of hydrogen-bond acceptors (Lipinski definition) is 4. The second-order valence-corrected chi connectivity index (χ2v) is 8.35. The summed E-state index contributed by atoms with van der Waals surface area (Å²) in [6.45, 7) is 7.10. The van der Waals surface area contributed by atoms with E-state index >= 15 is 0 Å². The van der Waals surface area contributed by atoms with E-state index in [2.05, 4.69) is 0 Å². The standard InChI is InChI=1S/C16H26O4S/c1-5-15(17)16(18)10-12(4)13-6-8-14(9-7-13)21(19,20)11(2)3/h6-9,11-12,15-18H,5,10H2,1-4H3. The maximum absolute atomic E-state index is 12.0. The minimum atomic E-state index is -3.25. The summed E-state index contributed by atoms with van der Waals surface area (Å²) in [4.78, 5) is 0.322. The van der Waals surface area contributed by atoms with Crippen LogP contribution in [0.5, 0.6) is 0 Å². The smallest absolute Gasteiger partial charge is 0.180 e. The van der Waals surface area contributed by atoms with Gasteiger partial charge in [-0.1, -0.05) is 26.0 Å². The molecule has 4 nitrogen and oxygen atoms in total. The van der Waals surface area contributed by atoms with Crippen LogP contribution in [0.15, 0.2) is 29.2 Å². The molecule has 0 bridgehead atoms. The third kappa shape index (κ3) is 4.53. The summed E-state index contributed by atoms with van der Waals surface area (Å²) in [5, 5.41) is 19.0. The SMILES string of the molecule is CCC(O)C(O)CC(C)c1ccc(S(=O)(=O)C(C)C)cc1. The van der Waals surface area contributed by atoms with E-state index in [0.717, 1.165) is 5.56 Å². The zero-order valence-electron chi connectivity index (χ0n) is 13.2. The summed E-state index contributed by atoms with van der Waals surface area (Å²) in [5.41, 5.74) is 0.958. The van der Waals surface area contributed by atoms with Crippen molar-refractivity contribution in [3.8, 4) is 0 Å². The van der Waals surface area contributed by atoms with Crippen molar-refractivity contribution in [1.82, 2.24) is 0 Å². The highest BCUT2D eigenvalue weighted by Gasteiger charge is 2.21. The third-order valence-electron chi connectivity index (χ3n) is 3.86. The van der Waals surface area contributed by atoms with Gasteiger partial charge < -0.3 is 10.2 Å². The second kappa shape index (κ2) is 7.38. The highest BCUT2D eigenvalue weighted by molar-refractivity contribution is 7.92. The Labute approximate surface area is 127 Å². The molecule has 3 atom stereocenters. The van der Waals surface area contributed by atoms with Gasteiger partial charge in [0, 0.05) is 0 Å². The molecule has 21 heavy (non-hydrogen) atoms. The molecule has 3 unspecified atom stereocenters. The Morgan fingerprint density at radius 3 is 1.95 bits per heavy atom. The summed E-state index contributed by atoms with van der Waals surface area (Å²) in [6, 6.07) is 6.80. The minimum Gasteiger partial charge on any atom is -0.390 e. The van der Waals surface area contributed by atoms with Crippen LogP contribution in [0, 0.1) is 0 Å². The van der Waals surface area contributed by atoms with Gasteiger partial charge in [-0.25, -0.2) is 8.42 Å². The van der Waals surface area contributed by atoms with Gasteiger partial charge in [-0.15, -0.1) is 0 Å². The van der Waals surface area contributed by atoms with Crippen molar-refractivity contribution < 1.29 is 18.6 Å². The van der Waals surface area contributed by atoms with E-state index in [9.17, 15) is 18.6 Å². The number of aliphatic hydroxyl groups is 2. The maximum Gasteiger partial charge on any atom is 0.180 e. The first-order chi connectivity index (χ1) is 9.70. The Bertz CT molecular complexity index is 534. The van der Waals surface area contributed by atoms with E-state index in [-0.39, 0.29) is 5.92 Å². The molecule has 1 aromatic carbocycles. The lowest BCUT2D eigenvalue weighted by atomic mass is 9.92. The normalized spacial score (nSPS) is 16.7. The Morgan fingerprint density at radius 1 is 1.00 bits per heavy atom. The lowest BCUT2D eigenvalue weighted by molar-refractivity contribution is 0.00953. The van der Waals surface area contributed by atoms with Crippen molar-refractivity contribution in [2.24, 2.45) is 0 Å². The third-order valence-corrected chi connectivity index (χ3v) is 6.03. The molecule has 0 saturated carbocycles. The molecule has 0 heterocycles. The lowest BCUT2D eigenvalue weighted by Gasteiger charge is -2.20. The molecule has 0 aliphatic carbocycles. The zero-order valence-corrected chi connectivity index (χ0v) is 14.0. The maximum atomic E-state index is 12.0. The van der Waals surface area contributed by atoms with Crippen LogP contribution in [-0.2, 0) is 9.84 Å². The van der Waals surface area contributed by atoms with E-state index in [4.69, 9.17) is 0 Å². The van der Waals surface area contributed by atoms with Crippen LogP contribution in [0.3, 0.4) is 0 Å². The van der Waals surface area contributed by atoms with E-state index in [1.54, 1.807) is 38.1 Å². The number of aliphatic hydroxyl groups excluding tert-OH is 2. The molecule has 0 aromatic heterocycles. The molecule has 0 aliphatic rings. The summed E-state index contributed by atoms with van der Waals surface area (Å²) in [6.07, 6.45) is -0.512. The van der Waals surface area contributed by atoms with Crippen LogP contribution in [0.25, 0.3) is 0 Å². The highest BCUT2D eigenvalue weighted by Crippen LogP contribution is 2.24. The van der Waals surface area contributed by atoms with Crippen molar-refractivity contribution in [3.63, 3.8) is 0 Å². The first kappa shape index (κ1) is 18.1. The van der Waals surface area contributed by atoms with Gasteiger partial charge in [-0.2, -0.15) is 0 Å². The van der Waals surface area contributed by atoms with Gasteiger partial charge >= 0.3 is 0 Å². The molecular formula is C16H26O4S. The summed E-state index contributed by atoms with van der Waals surface area (Å²) in [7, 11) is -3.25. The Morgan fingerprint density at radius 2 is 1.52 bits per heavy atom. The van der Waals surface area contributed by atoms with Gasteiger partial charge in [0.25, 0.3) is 0 Å². The molecule has 0 amide bonds. The van der Waals surface area contributed by atoms with Crippen LogP contribution in [0.4, 0.5) is 0 Å². The van der Waals surface area contributed by atoms with Crippen molar-refractivity contribution in [1.29, 1.82) is 0 Å². The molecule has 1 aromatic rings. The van der Waals surface area contributed by atoms with Gasteiger partial charge in [0.1, 0.15) is 0 Å². The Hall–Kier alpha value is -0.910. The molecular weight excluding hydrogens is 288 g/mol. The van der Waals surface area contributed by atoms with Gasteiger partial charge in [-0.3, -0.25) is 0 Å². The van der Waals surface area contributed by atoms with Gasteiger partial charge in [0.15, 0.2) is 9.84 Å². The fourth-order valence-corrected chi connectivity index (χ4v) is 3.25. The van der Waals surface area contributed by atoms with Crippen LogP contribution < -0.4 is 0 Å². The quantitative estimate of drug-likeness (QED) is 0.811. The number of sulfone groups is 1. The first-order valence-electron chi connectivity index (χ1n) is 7.40. The minimum absolute atomic E-state index is 0.0528. The van der Waals surface area contributed by atoms with Crippen molar-refractivity contribution in [2.45, 2.75) is 68.8 Å². The fourth-order valence-electron chi connectivity index (χ4n) is 2.19. The van der Waals surface area contributed by atoms with Gasteiger partial charge in [-0.05, 0) is 50.3 Å². The molecule has 120 valence electrons. The van der Waals surface area contributed by atoms with Gasteiger partial charge in [0.05, 0.1) is 22.4 Å². The van der Waals surface area contributed by atoms with Crippen molar-refractivity contribution in [3.05, 3.63) is 29.8 Å². The van der Waals surface area contributed by atoms with E-state index in [1.807, 2.05) is 13.8 Å². The summed E-state index contributed by atoms with van der Waals surface area (Å²) >= 11 is 0. The summed E-state index contributed by atoms with van der Waals surface area (Å²) in [5.74, 6) is 0.0528. The molecule has 5 heteroatoms. The molecule has 0 radical (unpaired) electrons. The molecule has 0 fully saturated rings. The molecule has 0 spiro atoms. The number of hydrogen-bond donors (Lipinski definition) is 2. The van der Waals surface area contributed by atoms with E-state index < -0.39 is 27.3 Å². The van der Waals surface area contributed by atoms with Crippen LogP contribution in [-0.4, -0.2) is 36.1 Å².